The summed E-state index contributed by atoms with van der Waals surface area (Å²) in [5.41, 5.74) is 0.810. The molecule has 1 rings (SSSR count). The third-order valence-corrected chi connectivity index (χ3v) is 2.78. The molecular formula is C14H20FNO3. The number of carbonyl (C=O) groups is 1. The summed E-state index contributed by atoms with van der Waals surface area (Å²) in [6.07, 6.45) is 0.686. The number of ether oxygens (including phenoxy) is 1. The third kappa shape index (κ3) is 4.87. The fourth-order valence-electron chi connectivity index (χ4n) is 1.68. The molecule has 0 radical (unpaired) electrons. The van der Waals surface area contributed by atoms with E-state index in [4.69, 9.17) is 9.84 Å². The molecule has 5 heteroatoms. The number of nitrogens with zero attached hydrogens (tertiary/aromatic N) is 1. The fraction of sp³-hybridized carbons (Fsp3) is 0.500. The second-order valence-corrected chi connectivity index (χ2v) is 4.24. The van der Waals surface area contributed by atoms with Crippen LogP contribution in [-0.4, -0.2) is 42.7 Å². The molecule has 1 aromatic carbocycles. The van der Waals surface area contributed by atoms with Gasteiger partial charge in [-0.1, -0.05) is 6.07 Å². The van der Waals surface area contributed by atoms with E-state index in [1.54, 1.807) is 26.1 Å². The summed E-state index contributed by atoms with van der Waals surface area (Å²) in [5, 5.41) is 8.68. The van der Waals surface area contributed by atoms with Gasteiger partial charge in [-0.25, -0.2) is 4.39 Å². The first-order chi connectivity index (χ1) is 9.08. The van der Waals surface area contributed by atoms with Gasteiger partial charge in [0.25, 0.3) is 0 Å². The summed E-state index contributed by atoms with van der Waals surface area (Å²) < 4.78 is 18.7. The molecule has 0 aliphatic rings. The first kappa shape index (κ1) is 15.4. The van der Waals surface area contributed by atoms with Gasteiger partial charge >= 0.3 is 0 Å². The SMILES string of the molecule is CCOc1ccc(CCN(C)C(=O)CCO)cc1F. The van der Waals surface area contributed by atoms with Gasteiger partial charge in [-0.2, -0.15) is 0 Å². The minimum atomic E-state index is -0.385. The van der Waals surface area contributed by atoms with Crippen LogP contribution in [0.15, 0.2) is 18.2 Å². The number of benzene rings is 1. The Kier molecular flexibility index (Phi) is 6.29. The van der Waals surface area contributed by atoms with Crippen molar-refractivity contribution in [2.45, 2.75) is 19.8 Å². The van der Waals surface area contributed by atoms with Crippen molar-refractivity contribution in [2.75, 3.05) is 26.8 Å². The number of aliphatic hydroxyl groups is 1. The lowest BCUT2D eigenvalue weighted by atomic mass is 10.1. The molecule has 1 aromatic rings. The molecule has 0 atom stereocenters. The predicted molar refractivity (Wildman–Crippen MR) is 70.6 cm³/mol. The van der Waals surface area contributed by atoms with Crippen molar-refractivity contribution < 1.29 is 19.0 Å². The Bertz CT molecular complexity index is 423. The average molecular weight is 269 g/mol. The van der Waals surface area contributed by atoms with Crippen LogP contribution in [0.5, 0.6) is 5.75 Å². The Labute approximate surface area is 112 Å². The summed E-state index contributed by atoms with van der Waals surface area (Å²) in [7, 11) is 1.67. The van der Waals surface area contributed by atoms with E-state index in [2.05, 4.69) is 0 Å². The molecule has 19 heavy (non-hydrogen) atoms. The first-order valence-corrected chi connectivity index (χ1v) is 6.34. The zero-order chi connectivity index (χ0) is 14.3. The maximum atomic E-state index is 13.6. The normalized spacial score (nSPS) is 10.3. The van der Waals surface area contributed by atoms with Crippen molar-refractivity contribution in [3.8, 4) is 5.75 Å². The van der Waals surface area contributed by atoms with Crippen LogP contribution < -0.4 is 4.74 Å². The summed E-state index contributed by atoms with van der Waals surface area (Å²) in [6, 6.07) is 4.82. The van der Waals surface area contributed by atoms with Gasteiger partial charge in [-0.05, 0) is 31.0 Å². The van der Waals surface area contributed by atoms with Crippen LogP contribution in [0.25, 0.3) is 0 Å². The van der Waals surface area contributed by atoms with Crippen LogP contribution in [0.3, 0.4) is 0 Å². The molecule has 0 bridgehead atoms. The molecule has 0 unspecified atom stereocenters. The molecule has 0 heterocycles. The van der Waals surface area contributed by atoms with Crippen LogP contribution in [0.4, 0.5) is 4.39 Å². The Morgan fingerprint density at radius 2 is 2.21 bits per heavy atom. The summed E-state index contributed by atoms with van der Waals surface area (Å²) in [5.74, 6) is -0.256. The van der Waals surface area contributed by atoms with E-state index in [-0.39, 0.29) is 30.5 Å². The van der Waals surface area contributed by atoms with E-state index < -0.39 is 0 Å². The van der Waals surface area contributed by atoms with Crippen molar-refractivity contribution in [3.63, 3.8) is 0 Å². The highest BCUT2D eigenvalue weighted by Gasteiger charge is 2.09. The Morgan fingerprint density at radius 1 is 1.47 bits per heavy atom. The molecule has 0 aliphatic carbocycles. The molecule has 0 aliphatic heterocycles. The van der Waals surface area contributed by atoms with E-state index >= 15 is 0 Å². The van der Waals surface area contributed by atoms with Gasteiger partial charge in [0.15, 0.2) is 11.6 Å². The van der Waals surface area contributed by atoms with E-state index in [0.717, 1.165) is 5.56 Å². The van der Waals surface area contributed by atoms with Crippen LogP contribution in [-0.2, 0) is 11.2 Å². The molecule has 0 aromatic heterocycles. The van der Waals surface area contributed by atoms with Gasteiger partial charge < -0.3 is 14.7 Å². The number of halogens is 1. The number of amides is 1. The maximum absolute atomic E-state index is 13.6. The lowest BCUT2D eigenvalue weighted by molar-refractivity contribution is -0.130. The number of carbonyl (C=O) groups excluding carboxylic acids is 1. The molecule has 0 fully saturated rings. The third-order valence-electron chi connectivity index (χ3n) is 2.78. The van der Waals surface area contributed by atoms with Crippen molar-refractivity contribution in [3.05, 3.63) is 29.6 Å². The summed E-state index contributed by atoms with van der Waals surface area (Å²) in [4.78, 5) is 13.0. The number of aliphatic hydroxyl groups excluding tert-OH is 1. The monoisotopic (exact) mass is 269 g/mol. The smallest absolute Gasteiger partial charge is 0.224 e. The Hall–Kier alpha value is -1.62. The Balaban J connectivity index is 2.54. The van der Waals surface area contributed by atoms with E-state index in [0.29, 0.717) is 19.6 Å². The van der Waals surface area contributed by atoms with Gasteiger partial charge in [0, 0.05) is 20.0 Å². The highest BCUT2D eigenvalue weighted by Crippen LogP contribution is 2.18. The van der Waals surface area contributed by atoms with Crippen molar-refractivity contribution in [1.29, 1.82) is 0 Å². The standard InChI is InChI=1S/C14H20FNO3/c1-3-19-13-5-4-11(10-12(13)15)6-8-16(2)14(18)7-9-17/h4-5,10,17H,3,6-9H2,1-2H3. The fourth-order valence-corrected chi connectivity index (χ4v) is 1.68. The molecule has 4 nitrogen and oxygen atoms in total. The number of hydrogen-bond acceptors (Lipinski definition) is 3. The van der Waals surface area contributed by atoms with Gasteiger partial charge in [0.2, 0.25) is 5.91 Å². The van der Waals surface area contributed by atoms with E-state index in [1.807, 2.05) is 0 Å². The van der Waals surface area contributed by atoms with Gasteiger partial charge in [0.1, 0.15) is 0 Å². The summed E-state index contributed by atoms with van der Waals surface area (Å²) in [6.45, 7) is 2.57. The minimum Gasteiger partial charge on any atom is -0.491 e. The highest BCUT2D eigenvalue weighted by molar-refractivity contribution is 5.75. The zero-order valence-corrected chi connectivity index (χ0v) is 11.4. The molecule has 0 saturated carbocycles. The van der Waals surface area contributed by atoms with Crippen LogP contribution in [0.1, 0.15) is 18.9 Å². The minimum absolute atomic E-state index is 0.117. The van der Waals surface area contributed by atoms with Crippen LogP contribution >= 0.6 is 0 Å². The van der Waals surface area contributed by atoms with E-state index in [1.165, 1.54) is 11.0 Å². The second kappa shape index (κ2) is 7.74. The van der Waals surface area contributed by atoms with Gasteiger partial charge in [0.05, 0.1) is 13.2 Å². The quantitative estimate of drug-likeness (QED) is 0.818. The van der Waals surface area contributed by atoms with Gasteiger partial charge in [-0.3, -0.25) is 4.79 Å². The second-order valence-electron chi connectivity index (χ2n) is 4.24. The van der Waals surface area contributed by atoms with Crippen molar-refractivity contribution >= 4 is 5.91 Å². The van der Waals surface area contributed by atoms with Gasteiger partial charge in [-0.15, -0.1) is 0 Å². The van der Waals surface area contributed by atoms with Crippen LogP contribution in [0.2, 0.25) is 0 Å². The Morgan fingerprint density at radius 3 is 2.79 bits per heavy atom. The summed E-state index contributed by atoms with van der Waals surface area (Å²) >= 11 is 0. The molecule has 0 spiro atoms. The largest absolute Gasteiger partial charge is 0.491 e. The number of hydrogen-bond donors (Lipinski definition) is 1. The molecule has 0 saturated heterocycles. The molecular weight excluding hydrogens is 249 g/mol. The van der Waals surface area contributed by atoms with E-state index in [9.17, 15) is 9.18 Å². The molecule has 1 amide bonds. The van der Waals surface area contributed by atoms with Crippen molar-refractivity contribution in [1.82, 2.24) is 4.90 Å². The molecule has 1 N–H and O–H groups in total. The lowest BCUT2D eigenvalue weighted by Gasteiger charge is -2.16. The predicted octanol–water partition coefficient (Wildman–Crippen LogP) is 1.61. The average Bonchev–Trinajstić information content (AvgIpc) is 2.39. The van der Waals surface area contributed by atoms with Crippen molar-refractivity contribution in [2.24, 2.45) is 0 Å². The highest BCUT2D eigenvalue weighted by atomic mass is 19.1. The number of rotatable bonds is 7. The van der Waals surface area contributed by atoms with Crippen LogP contribution in [0, 0.1) is 5.82 Å². The zero-order valence-electron chi connectivity index (χ0n) is 11.4. The molecule has 106 valence electrons. The first-order valence-electron chi connectivity index (χ1n) is 6.34. The number of likely N-dealkylation sites (N-methyl/N-ethyl adjacent to an activating group) is 1. The topological polar surface area (TPSA) is 49.8 Å². The maximum Gasteiger partial charge on any atom is 0.224 e. The lowest BCUT2D eigenvalue weighted by Crippen LogP contribution is -2.29.